The number of aromatic nitrogens is 1. The third-order valence-electron chi connectivity index (χ3n) is 9.47. The highest BCUT2D eigenvalue weighted by atomic mass is 16.5. The van der Waals surface area contributed by atoms with Gasteiger partial charge in [0.25, 0.3) is 0 Å². The molecule has 0 radical (unpaired) electrons. The van der Waals surface area contributed by atoms with Crippen molar-refractivity contribution in [3.8, 4) is 56.3 Å². The molecule has 2 aliphatic rings. The predicted molar refractivity (Wildman–Crippen MR) is 189 cm³/mol. The number of nitrogens with zero attached hydrogens (tertiary/aromatic N) is 1. The zero-order valence-electron chi connectivity index (χ0n) is 24.9. The van der Waals surface area contributed by atoms with Crippen LogP contribution in [0, 0.1) is 0 Å². The molecule has 0 aliphatic carbocycles. The van der Waals surface area contributed by atoms with E-state index in [1.54, 1.807) is 0 Å². The van der Waals surface area contributed by atoms with Crippen molar-refractivity contribution in [2.24, 2.45) is 0 Å². The van der Waals surface area contributed by atoms with Gasteiger partial charge in [-0.3, -0.25) is 0 Å². The Kier molecular flexibility index (Phi) is 5.37. The van der Waals surface area contributed by atoms with Gasteiger partial charge in [-0.05, 0) is 70.3 Å². The first-order chi connectivity index (χ1) is 22.8. The van der Waals surface area contributed by atoms with E-state index in [-0.39, 0.29) is 6.92 Å². The molecule has 0 fully saturated rings. The minimum Gasteiger partial charge on any atom is -0.551 e. The van der Waals surface area contributed by atoms with Gasteiger partial charge >= 0.3 is 6.92 Å². The summed E-state index contributed by atoms with van der Waals surface area (Å²) in [5.41, 5.74) is 12.4. The molecular weight excluding hydrogens is 561 g/mol. The van der Waals surface area contributed by atoms with Gasteiger partial charge < -0.3 is 14.0 Å². The van der Waals surface area contributed by atoms with E-state index in [0.717, 1.165) is 50.6 Å². The van der Waals surface area contributed by atoms with Crippen molar-refractivity contribution in [2.75, 3.05) is 0 Å². The van der Waals surface area contributed by atoms with Crippen LogP contribution in [0.2, 0.25) is 0 Å². The fourth-order valence-electron chi connectivity index (χ4n) is 7.36. The van der Waals surface area contributed by atoms with Gasteiger partial charge in [-0.15, -0.1) is 0 Å². The van der Waals surface area contributed by atoms with Gasteiger partial charge in [0.1, 0.15) is 17.2 Å². The minimum atomic E-state index is -0.248. The minimum absolute atomic E-state index is 0.248. The quantitative estimate of drug-likeness (QED) is 0.192. The lowest BCUT2D eigenvalue weighted by Crippen LogP contribution is -2.53. The Bertz CT molecular complexity index is 2440. The van der Waals surface area contributed by atoms with Crippen molar-refractivity contribution >= 4 is 39.6 Å². The molecule has 0 saturated carbocycles. The summed E-state index contributed by atoms with van der Waals surface area (Å²) in [6.07, 6.45) is 0. The third kappa shape index (κ3) is 3.74. The van der Waals surface area contributed by atoms with E-state index in [4.69, 9.17) is 9.39 Å². The lowest BCUT2D eigenvalue weighted by atomic mass is 9.51. The van der Waals surface area contributed by atoms with Crippen molar-refractivity contribution in [3.63, 3.8) is 0 Å². The number of hydrogen-bond donors (Lipinski definition) is 0. The summed E-state index contributed by atoms with van der Waals surface area (Å²) < 4.78 is 15.9. The van der Waals surface area contributed by atoms with Gasteiger partial charge in [0.05, 0.1) is 16.7 Å². The van der Waals surface area contributed by atoms with Crippen molar-refractivity contribution in [1.82, 2.24) is 4.57 Å². The van der Waals surface area contributed by atoms with Crippen molar-refractivity contribution in [1.29, 1.82) is 0 Å². The van der Waals surface area contributed by atoms with Crippen molar-refractivity contribution in [3.05, 3.63) is 158 Å². The lowest BCUT2D eigenvalue weighted by molar-refractivity contribution is 0.479. The molecule has 0 spiro atoms. The molecule has 0 amide bonds. The zero-order chi connectivity index (χ0) is 30.2. The standard InChI is InChI=1S/C42H26BNO2/c1-2-11-27(12-3-1)28-13-10-14-29(23-28)30-21-22-39-34(24-30)35-25-31(26-41-42(35)43(46-39)36-17-6-9-20-40(36)45-41)44-37-18-7-4-15-32(37)33-16-5-8-19-38(33)44/h1-26H. The third-order valence-corrected chi connectivity index (χ3v) is 9.47. The van der Waals surface area contributed by atoms with Crippen LogP contribution >= 0.6 is 0 Å². The molecule has 1 aromatic heterocycles. The Morgan fingerprint density at radius 2 is 1.09 bits per heavy atom. The summed E-state index contributed by atoms with van der Waals surface area (Å²) in [4.78, 5) is 0. The molecule has 10 rings (SSSR count). The molecule has 0 atom stereocenters. The summed E-state index contributed by atoms with van der Waals surface area (Å²) in [5, 5.41) is 2.47. The molecular formula is C42H26BNO2. The maximum atomic E-state index is 6.83. The summed E-state index contributed by atoms with van der Waals surface area (Å²) in [6, 6.07) is 55.9. The average Bonchev–Trinajstić information content (AvgIpc) is 3.46. The van der Waals surface area contributed by atoms with E-state index < -0.39 is 0 Å². The molecule has 0 unspecified atom stereocenters. The van der Waals surface area contributed by atoms with Crippen LogP contribution in [0.5, 0.6) is 17.2 Å². The molecule has 46 heavy (non-hydrogen) atoms. The molecule has 4 heteroatoms. The zero-order valence-corrected chi connectivity index (χ0v) is 24.9. The molecule has 0 N–H and O–H groups in total. The number of hydrogen-bond acceptors (Lipinski definition) is 2. The first-order valence-electron chi connectivity index (χ1n) is 15.7. The normalized spacial score (nSPS) is 12.7. The van der Waals surface area contributed by atoms with E-state index >= 15 is 0 Å². The number of rotatable bonds is 3. The van der Waals surface area contributed by atoms with Crippen LogP contribution < -0.4 is 20.3 Å². The molecule has 3 heterocycles. The highest BCUT2D eigenvalue weighted by Crippen LogP contribution is 2.43. The van der Waals surface area contributed by atoms with Gasteiger partial charge in [0.15, 0.2) is 0 Å². The first kappa shape index (κ1) is 25.3. The first-order valence-corrected chi connectivity index (χ1v) is 15.7. The second-order valence-corrected chi connectivity index (χ2v) is 12.1. The molecule has 0 saturated heterocycles. The summed E-state index contributed by atoms with van der Waals surface area (Å²) in [7, 11) is 0. The SMILES string of the molecule is c1ccc(-c2cccc(-c3ccc4c(c3)-c3cc(-n5c6ccccc6c6ccccc65)cc5c3B(O4)c3ccccc3O5)c2)cc1. The van der Waals surface area contributed by atoms with Crippen LogP contribution in [-0.2, 0) is 0 Å². The maximum Gasteiger partial charge on any atom is 0.434 e. The van der Waals surface area contributed by atoms with E-state index in [1.807, 2.05) is 12.1 Å². The van der Waals surface area contributed by atoms with Gasteiger partial charge in [0.2, 0.25) is 0 Å². The van der Waals surface area contributed by atoms with Gasteiger partial charge in [-0.1, -0.05) is 109 Å². The Labute approximate surface area is 267 Å². The monoisotopic (exact) mass is 587 g/mol. The van der Waals surface area contributed by atoms with E-state index in [0.29, 0.717) is 0 Å². The Morgan fingerprint density at radius 1 is 0.435 bits per heavy atom. The predicted octanol–water partition coefficient (Wildman–Crippen LogP) is 9.39. The fourth-order valence-corrected chi connectivity index (χ4v) is 7.36. The van der Waals surface area contributed by atoms with Gasteiger partial charge in [-0.25, -0.2) is 0 Å². The Balaban J connectivity index is 1.21. The van der Waals surface area contributed by atoms with E-state index in [2.05, 4.69) is 150 Å². The topological polar surface area (TPSA) is 23.4 Å². The Morgan fingerprint density at radius 3 is 1.89 bits per heavy atom. The highest BCUT2D eigenvalue weighted by molar-refractivity contribution is 6.84. The molecule has 2 aliphatic heterocycles. The van der Waals surface area contributed by atoms with Gasteiger partial charge in [0, 0.05) is 33.3 Å². The van der Waals surface area contributed by atoms with Gasteiger partial charge in [-0.2, -0.15) is 0 Å². The second-order valence-electron chi connectivity index (χ2n) is 12.1. The number of ether oxygens (including phenoxy) is 1. The molecule has 0 bridgehead atoms. The van der Waals surface area contributed by atoms with Crippen molar-refractivity contribution in [2.45, 2.75) is 0 Å². The largest absolute Gasteiger partial charge is 0.551 e. The van der Waals surface area contributed by atoms with Crippen LogP contribution in [0.4, 0.5) is 0 Å². The number of fused-ring (bicyclic) bond motifs is 7. The molecule has 3 nitrogen and oxygen atoms in total. The molecule has 7 aromatic carbocycles. The van der Waals surface area contributed by atoms with E-state index in [9.17, 15) is 0 Å². The van der Waals surface area contributed by atoms with Crippen molar-refractivity contribution < 1.29 is 9.39 Å². The Hall–Kier alpha value is -6.00. The molecule has 8 aromatic rings. The van der Waals surface area contributed by atoms with Crippen LogP contribution in [0.3, 0.4) is 0 Å². The van der Waals surface area contributed by atoms with Crippen LogP contribution in [0.1, 0.15) is 0 Å². The average molecular weight is 587 g/mol. The van der Waals surface area contributed by atoms with E-state index in [1.165, 1.54) is 38.5 Å². The lowest BCUT2D eigenvalue weighted by Gasteiger charge is -2.33. The number of para-hydroxylation sites is 3. The molecule has 214 valence electrons. The fraction of sp³-hybridized carbons (Fsp3) is 0. The highest BCUT2D eigenvalue weighted by Gasteiger charge is 2.41. The number of benzene rings is 7. The van der Waals surface area contributed by atoms with Crippen LogP contribution in [0.25, 0.3) is 60.9 Å². The van der Waals surface area contributed by atoms with Crippen LogP contribution in [-0.4, -0.2) is 11.5 Å². The maximum absolute atomic E-state index is 6.83. The smallest absolute Gasteiger partial charge is 0.434 e. The summed E-state index contributed by atoms with van der Waals surface area (Å²) >= 11 is 0. The second kappa shape index (κ2) is 9.75. The summed E-state index contributed by atoms with van der Waals surface area (Å²) in [5.74, 6) is 2.55. The van der Waals surface area contributed by atoms with Crippen LogP contribution in [0.15, 0.2) is 158 Å². The summed E-state index contributed by atoms with van der Waals surface area (Å²) in [6.45, 7) is -0.248.